The zero-order chi connectivity index (χ0) is 27.6. The second-order valence-corrected chi connectivity index (χ2v) is 13.1. The second-order valence-electron chi connectivity index (χ2n) is 13.1. The quantitative estimate of drug-likeness (QED) is 0.388. The number of rotatable bonds is 6. The van der Waals surface area contributed by atoms with Gasteiger partial charge in [-0.25, -0.2) is 4.68 Å². The predicted octanol–water partition coefficient (Wildman–Crippen LogP) is 5.46. The normalized spacial score (nSPS) is 27.6. The molecule has 1 aromatic heterocycles. The molecular formula is C33H40N4O3. The number of carbonyl (C=O) groups is 2. The standard InChI is InChI=1S/C33H40N4O3/c1-4-40-30(38)15-28(25-8-9-29-31(20(25)2)34-35-36(29)3)27-7-5-6-24-19-37(11-10-26(24)27)32(39)33-16-21-12-22(17-33)14-23(13-21)18-33/h5-9,21-23,28H,4,10-19H2,1-3H3. The summed E-state index contributed by atoms with van der Waals surface area (Å²) in [5.74, 6) is 2.35. The van der Waals surface area contributed by atoms with Crippen LogP contribution in [0, 0.1) is 30.1 Å². The first-order valence-electron chi connectivity index (χ1n) is 15.2. The van der Waals surface area contributed by atoms with E-state index in [9.17, 15) is 9.59 Å². The van der Waals surface area contributed by atoms with Crippen molar-refractivity contribution in [2.75, 3.05) is 13.2 Å². The number of benzene rings is 2. The first-order valence-corrected chi connectivity index (χ1v) is 15.2. The molecule has 2 heterocycles. The second kappa shape index (κ2) is 9.71. The Kier molecular flexibility index (Phi) is 6.24. The molecule has 210 valence electrons. The molecule has 7 nitrogen and oxygen atoms in total. The number of hydrogen-bond donors (Lipinski definition) is 0. The first-order chi connectivity index (χ1) is 19.3. The first kappa shape index (κ1) is 25.7. The maximum Gasteiger partial charge on any atom is 0.306 e. The molecule has 0 spiro atoms. The zero-order valence-electron chi connectivity index (χ0n) is 24.0. The van der Waals surface area contributed by atoms with Gasteiger partial charge >= 0.3 is 5.97 Å². The average molecular weight is 541 g/mol. The van der Waals surface area contributed by atoms with Crippen LogP contribution < -0.4 is 0 Å². The van der Waals surface area contributed by atoms with Gasteiger partial charge in [0.05, 0.1) is 24.0 Å². The van der Waals surface area contributed by atoms with Gasteiger partial charge in [-0.15, -0.1) is 5.10 Å². The number of ether oxygens (including phenoxy) is 1. The van der Waals surface area contributed by atoms with E-state index < -0.39 is 0 Å². The minimum Gasteiger partial charge on any atom is -0.466 e. The molecule has 4 bridgehead atoms. The fourth-order valence-electron chi connectivity index (χ4n) is 9.25. The third-order valence-corrected chi connectivity index (χ3v) is 10.6. The van der Waals surface area contributed by atoms with Crippen LogP contribution in [0.1, 0.15) is 85.6 Å². The Balaban J connectivity index is 1.21. The Morgan fingerprint density at radius 1 is 1.05 bits per heavy atom. The van der Waals surface area contributed by atoms with Crippen LogP contribution in [0.25, 0.3) is 11.0 Å². The number of aromatic nitrogens is 3. The Bertz CT molecular complexity index is 1460. The molecule has 4 fully saturated rings. The zero-order valence-corrected chi connectivity index (χ0v) is 24.0. The van der Waals surface area contributed by atoms with E-state index in [2.05, 4.69) is 52.5 Å². The molecule has 4 saturated carbocycles. The Labute approximate surface area is 236 Å². The van der Waals surface area contributed by atoms with Crippen molar-refractivity contribution in [2.45, 2.75) is 77.7 Å². The van der Waals surface area contributed by atoms with Crippen molar-refractivity contribution in [3.63, 3.8) is 0 Å². The van der Waals surface area contributed by atoms with Crippen molar-refractivity contribution in [1.82, 2.24) is 19.9 Å². The van der Waals surface area contributed by atoms with Crippen LogP contribution in [-0.4, -0.2) is 44.9 Å². The number of carbonyl (C=O) groups excluding carboxylic acids is 2. The molecule has 4 aliphatic carbocycles. The van der Waals surface area contributed by atoms with Gasteiger partial charge in [0.1, 0.15) is 5.52 Å². The molecule has 8 rings (SSSR count). The van der Waals surface area contributed by atoms with Crippen LogP contribution in [0.3, 0.4) is 0 Å². The number of fused-ring (bicyclic) bond motifs is 2. The van der Waals surface area contributed by atoms with Crippen molar-refractivity contribution in [3.05, 3.63) is 58.1 Å². The van der Waals surface area contributed by atoms with Crippen molar-refractivity contribution < 1.29 is 14.3 Å². The number of hydrogen-bond acceptors (Lipinski definition) is 5. The summed E-state index contributed by atoms with van der Waals surface area (Å²) >= 11 is 0. The lowest BCUT2D eigenvalue weighted by Gasteiger charge is -2.56. The third-order valence-electron chi connectivity index (χ3n) is 10.6. The summed E-state index contributed by atoms with van der Waals surface area (Å²) in [5.41, 5.74) is 7.53. The highest BCUT2D eigenvalue weighted by Gasteiger charge is 2.55. The summed E-state index contributed by atoms with van der Waals surface area (Å²) in [5, 5.41) is 8.64. The SMILES string of the molecule is CCOC(=O)CC(c1cccc2c1CCN(C(=O)C13CC4CC(CC(C4)C1)C3)C2)c1ccc2c(nnn2C)c1C. The fourth-order valence-corrected chi connectivity index (χ4v) is 9.25. The van der Waals surface area contributed by atoms with Crippen LogP contribution in [-0.2, 0) is 34.3 Å². The monoisotopic (exact) mass is 540 g/mol. The van der Waals surface area contributed by atoms with E-state index in [0.29, 0.717) is 19.1 Å². The molecule has 5 aliphatic rings. The molecule has 2 aromatic carbocycles. The lowest BCUT2D eigenvalue weighted by molar-refractivity contribution is -0.158. The molecule has 1 unspecified atom stereocenters. The minimum atomic E-state index is -0.196. The molecule has 3 aromatic rings. The van der Waals surface area contributed by atoms with E-state index in [1.807, 2.05) is 14.0 Å². The Morgan fingerprint density at radius 3 is 2.48 bits per heavy atom. The molecular weight excluding hydrogens is 500 g/mol. The smallest absolute Gasteiger partial charge is 0.306 e. The van der Waals surface area contributed by atoms with E-state index in [4.69, 9.17) is 4.74 Å². The topological polar surface area (TPSA) is 77.3 Å². The highest BCUT2D eigenvalue weighted by atomic mass is 16.5. The van der Waals surface area contributed by atoms with Crippen LogP contribution in [0.5, 0.6) is 0 Å². The number of esters is 1. The Morgan fingerprint density at radius 2 is 1.77 bits per heavy atom. The summed E-state index contributed by atoms with van der Waals surface area (Å²) in [6.45, 7) is 5.70. The van der Waals surface area contributed by atoms with Gasteiger partial charge in [0.2, 0.25) is 5.91 Å². The molecule has 1 atom stereocenters. The van der Waals surface area contributed by atoms with Gasteiger partial charge in [0, 0.05) is 26.1 Å². The van der Waals surface area contributed by atoms with Crippen LogP contribution in [0.4, 0.5) is 0 Å². The van der Waals surface area contributed by atoms with Crippen molar-refractivity contribution >= 4 is 22.9 Å². The van der Waals surface area contributed by atoms with E-state index >= 15 is 0 Å². The predicted molar refractivity (Wildman–Crippen MR) is 153 cm³/mol. The van der Waals surface area contributed by atoms with Gasteiger partial charge in [-0.3, -0.25) is 9.59 Å². The van der Waals surface area contributed by atoms with E-state index in [0.717, 1.165) is 72.1 Å². The largest absolute Gasteiger partial charge is 0.466 e. The van der Waals surface area contributed by atoms with Gasteiger partial charge in [0.15, 0.2) is 0 Å². The van der Waals surface area contributed by atoms with E-state index in [1.165, 1.54) is 36.0 Å². The maximum absolute atomic E-state index is 14.1. The Hall–Kier alpha value is -3.22. The minimum absolute atomic E-state index is 0.112. The van der Waals surface area contributed by atoms with Crippen LogP contribution >= 0.6 is 0 Å². The summed E-state index contributed by atoms with van der Waals surface area (Å²) in [6, 6.07) is 10.6. The molecule has 0 N–H and O–H groups in total. The summed E-state index contributed by atoms with van der Waals surface area (Å²) < 4.78 is 7.22. The van der Waals surface area contributed by atoms with E-state index in [1.54, 1.807) is 4.68 Å². The number of nitrogens with zero attached hydrogens (tertiary/aromatic N) is 4. The lowest BCUT2D eigenvalue weighted by atomic mass is 9.49. The van der Waals surface area contributed by atoms with Crippen LogP contribution in [0.15, 0.2) is 30.3 Å². The van der Waals surface area contributed by atoms with Gasteiger partial charge in [-0.05, 0) is 110 Å². The molecule has 7 heteroatoms. The highest BCUT2D eigenvalue weighted by Crippen LogP contribution is 2.60. The number of aryl methyl sites for hydroxylation is 2. The third kappa shape index (κ3) is 4.15. The molecule has 0 radical (unpaired) electrons. The summed E-state index contributed by atoms with van der Waals surface area (Å²) in [6.07, 6.45) is 8.44. The van der Waals surface area contributed by atoms with Crippen molar-refractivity contribution in [1.29, 1.82) is 0 Å². The molecule has 40 heavy (non-hydrogen) atoms. The summed E-state index contributed by atoms with van der Waals surface area (Å²) in [7, 11) is 1.90. The molecule has 1 amide bonds. The van der Waals surface area contributed by atoms with Gasteiger partial charge < -0.3 is 9.64 Å². The van der Waals surface area contributed by atoms with Gasteiger partial charge in [0.25, 0.3) is 0 Å². The lowest BCUT2D eigenvalue weighted by Crippen LogP contribution is -2.55. The van der Waals surface area contributed by atoms with Crippen molar-refractivity contribution in [2.24, 2.45) is 30.2 Å². The van der Waals surface area contributed by atoms with E-state index in [-0.39, 0.29) is 23.7 Å². The highest BCUT2D eigenvalue weighted by molar-refractivity contribution is 5.84. The summed E-state index contributed by atoms with van der Waals surface area (Å²) in [4.78, 5) is 29.2. The maximum atomic E-state index is 14.1. The fraction of sp³-hybridized carbons (Fsp3) is 0.576. The van der Waals surface area contributed by atoms with Crippen molar-refractivity contribution in [3.8, 4) is 0 Å². The van der Waals surface area contributed by atoms with Crippen LogP contribution in [0.2, 0.25) is 0 Å². The average Bonchev–Trinajstić information content (AvgIpc) is 3.32. The molecule has 1 aliphatic heterocycles. The van der Waals surface area contributed by atoms with Gasteiger partial charge in [-0.2, -0.15) is 0 Å². The molecule has 0 saturated heterocycles. The number of amides is 1. The van der Waals surface area contributed by atoms with Gasteiger partial charge in [-0.1, -0.05) is 29.5 Å².